The maximum atomic E-state index is 12.4. The molecule has 3 rings (SSSR count). The molecule has 0 spiro atoms. The van der Waals surface area contributed by atoms with E-state index >= 15 is 0 Å². The topological polar surface area (TPSA) is 78.1 Å². The van der Waals surface area contributed by atoms with Crippen molar-refractivity contribution in [3.05, 3.63) is 45.5 Å². The molecule has 1 aliphatic heterocycles. The lowest BCUT2D eigenvalue weighted by Crippen LogP contribution is -2.59. The Morgan fingerprint density at radius 2 is 2.07 bits per heavy atom. The van der Waals surface area contributed by atoms with Gasteiger partial charge < -0.3 is 9.80 Å². The van der Waals surface area contributed by atoms with E-state index < -0.39 is 18.3 Å². The molecule has 1 aliphatic rings. The number of likely N-dealkylation sites (N-methyl/N-ethyl adjacent to an activating group) is 1. The summed E-state index contributed by atoms with van der Waals surface area (Å²) in [5, 5.41) is 12.8. The number of nitrogens with zero attached hydrogens (tertiary/aromatic N) is 6. The molecule has 1 saturated heterocycles. The van der Waals surface area contributed by atoms with Gasteiger partial charge in [-0.1, -0.05) is 11.6 Å². The van der Waals surface area contributed by atoms with Gasteiger partial charge in [0.05, 0.1) is 28.5 Å². The van der Waals surface area contributed by atoms with E-state index in [1.54, 1.807) is 0 Å². The first-order valence-corrected chi connectivity index (χ1v) is 8.23. The van der Waals surface area contributed by atoms with Gasteiger partial charge in [0.1, 0.15) is 18.4 Å². The molecule has 0 amide bonds. The molecular weight excluding hydrogens is 385 g/mol. The van der Waals surface area contributed by atoms with Gasteiger partial charge in [-0.25, -0.2) is 9.67 Å². The molecule has 2 aromatic rings. The van der Waals surface area contributed by atoms with Crippen LogP contribution in [0.1, 0.15) is 5.56 Å². The summed E-state index contributed by atoms with van der Waals surface area (Å²) >= 11 is 6.16. The molecule has 0 atom stereocenters. The standard InChI is InChI=1S/C16H14ClF3N6O/c1-24(15-13(17)2-10(4-21)5-22-15)12-7-25(8-12)11-3-14(27)26(23-6-11)9-16(18,19)20/h2-3,5-6,12H,7-9H2,1H3. The van der Waals surface area contributed by atoms with Crippen LogP contribution in [0.5, 0.6) is 0 Å². The quantitative estimate of drug-likeness (QED) is 0.784. The molecule has 0 radical (unpaired) electrons. The van der Waals surface area contributed by atoms with Gasteiger partial charge in [-0.05, 0) is 6.07 Å². The SMILES string of the molecule is CN(c1ncc(C#N)cc1Cl)C1CN(c2cnn(CC(F)(F)F)c(=O)c2)C1. The van der Waals surface area contributed by atoms with Crippen molar-refractivity contribution in [2.24, 2.45) is 0 Å². The Morgan fingerprint density at radius 1 is 1.37 bits per heavy atom. The molecule has 0 aromatic carbocycles. The Bertz CT molecular complexity index is 948. The lowest BCUT2D eigenvalue weighted by molar-refractivity contribution is -0.143. The average molecular weight is 399 g/mol. The van der Waals surface area contributed by atoms with Gasteiger partial charge in [-0.15, -0.1) is 0 Å². The van der Waals surface area contributed by atoms with Crippen molar-refractivity contribution >= 4 is 23.1 Å². The van der Waals surface area contributed by atoms with Gasteiger partial charge in [0.25, 0.3) is 5.56 Å². The highest BCUT2D eigenvalue weighted by Crippen LogP contribution is 2.29. The van der Waals surface area contributed by atoms with Gasteiger partial charge in [-0.3, -0.25) is 4.79 Å². The summed E-state index contributed by atoms with van der Waals surface area (Å²) < 4.78 is 37.6. The summed E-state index contributed by atoms with van der Waals surface area (Å²) in [4.78, 5) is 19.7. The fourth-order valence-corrected chi connectivity index (χ4v) is 3.02. The van der Waals surface area contributed by atoms with Crippen LogP contribution in [0.4, 0.5) is 24.7 Å². The van der Waals surface area contributed by atoms with Gasteiger partial charge >= 0.3 is 6.18 Å². The van der Waals surface area contributed by atoms with Gasteiger partial charge in [0.15, 0.2) is 0 Å². The third-order valence-electron chi connectivity index (χ3n) is 4.24. The predicted molar refractivity (Wildman–Crippen MR) is 92.9 cm³/mol. The second kappa shape index (κ2) is 7.08. The van der Waals surface area contributed by atoms with Crippen LogP contribution in [0, 0.1) is 11.3 Å². The molecule has 27 heavy (non-hydrogen) atoms. The molecule has 0 saturated carbocycles. The molecule has 7 nitrogen and oxygen atoms in total. The van der Waals surface area contributed by atoms with Crippen LogP contribution in [0.3, 0.4) is 0 Å². The van der Waals surface area contributed by atoms with E-state index in [2.05, 4.69) is 10.1 Å². The number of nitriles is 1. The van der Waals surface area contributed by atoms with E-state index in [0.717, 1.165) is 6.07 Å². The maximum absolute atomic E-state index is 12.4. The third-order valence-corrected chi connectivity index (χ3v) is 4.52. The fraction of sp³-hybridized carbons (Fsp3) is 0.375. The van der Waals surface area contributed by atoms with Crippen LogP contribution in [0.2, 0.25) is 5.02 Å². The van der Waals surface area contributed by atoms with Crippen LogP contribution >= 0.6 is 11.6 Å². The largest absolute Gasteiger partial charge is 0.408 e. The second-order valence-corrected chi connectivity index (χ2v) is 6.54. The van der Waals surface area contributed by atoms with E-state index in [1.165, 1.54) is 18.5 Å². The molecular formula is C16H14ClF3N6O. The molecule has 0 aliphatic carbocycles. The highest BCUT2D eigenvalue weighted by molar-refractivity contribution is 6.33. The maximum Gasteiger partial charge on any atom is 0.408 e. The molecule has 0 bridgehead atoms. The molecule has 0 N–H and O–H groups in total. The van der Waals surface area contributed by atoms with Crippen molar-refractivity contribution in [1.29, 1.82) is 5.26 Å². The Balaban J connectivity index is 1.66. The van der Waals surface area contributed by atoms with Crippen LogP contribution in [0.25, 0.3) is 0 Å². The molecule has 2 aromatic heterocycles. The normalized spacial score (nSPS) is 14.6. The Morgan fingerprint density at radius 3 is 2.63 bits per heavy atom. The number of hydrogen-bond donors (Lipinski definition) is 0. The summed E-state index contributed by atoms with van der Waals surface area (Å²) in [6.07, 6.45) is -1.83. The zero-order valence-corrected chi connectivity index (χ0v) is 14.9. The molecule has 3 heterocycles. The van der Waals surface area contributed by atoms with Crippen molar-refractivity contribution in [3.8, 4) is 6.07 Å². The van der Waals surface area contributed by atoms with Crippen LogP contribution in [-0.2, 0) is 6.54 Å². The summed E-state index contributed by atoms with van der Waals surface area (Å²) in [5.41, 5.74) is 0.0123. The van der Waals surface area contributed by atoms with Crippen LogP contribution in [0.15, 0.2) is 29.3 Å². The van der Waals surface area contributed by atoms with Gasteiger partial charge in [0.2, 0.25) is 0 Å². The van der Waals surface area contributed by atoms with Crippen molar-refractivity contribution in [2.45, 2.75) is 18.8 Å². The summed E-state index contributed by atoms with van der Waals surface area (Å²) in [6.45, 7) is -0.363. The van der Waals surface area contributed by atoms with Crippen molar-refractivity contribution in [1.82, 2.24) is 14.8 Å². The molecule has 142 valence electrons. The molecule has 11 heteroatoms. The third kappa shape index (κ3) is 4.14. The highest BCUT2D eigenvalue weighted by Gasteiger charge is 2.33. The van der Waals surface area contributed by atoms with Crippen molar-refractivity contribution < 1.29 is 13.2 Å². The van der Waals surface area contributed by atoms with Crippen molar-refractivity contribution in [3.63, 3.8) is 0 Å². The summed E-state index contributed by atoms with van der Waals surface area (Å²) in [6, 6.07) is 4.67. The van der Waals surface area contributed by atoms with E-state index in [0.29, 0.717) is 39.9 Å². The fourth-order valence-electron chi connectivity index (χ4n) is 2.72. The van der Waals surface area contributed by atoms with E-state index in [9.17, 15) is 18.0 Å². The van der Waals surface area contributed by atoms with E-state index in [4.69, 9.17) is 16.9 Å². The number of anilines is 2. The van der Waals surface area contributed by atoms with Gasteiger partial charge in [0, 0.05) is 32.4 Å². The number of rotatable bonds is 4. The number of alkyl halides is 3. The monoisotopic (exact) mass is 398 g/mol. The minimum atomic E-state index is -4.50. The van der Waals surface area contributed by atoms with Crippen LogP contribution in [-0.4, -0.2) is 47.1 Å². The predicted octanol–water partition coefficient (Wildman–Crippen LogP) is 2.05. The minimum Gasteiger partial charge on any atom is -0.366 e. The van der Waals surface area contributed by atoms with Crippen LogP contribution < -0.4 is 15.4 Å². The molecule has 0 unspecified atom stereocenters. The number of hydrogen-bond acceptors (Lipinski definition) is 6. The van der Waals surface area contributed by atoms with E-state index in [1.807, 2.05) is 22.9 Å². The Kier molecular flexibility index (Phi) is 4.97. The Labute approximate surface area is 157 Å². The molecule has 1 fully saturated rings. The summed E-state index contributed by atoms with van der Waals surface area (Å²) in [5.74, 6) is 0.527. The smallest absolute Gasteiger partial charge is 0.366 e. The van der Waals surface area contributed by atoms with Crippen molar-refractivity contribution in [2.75, 3.05) is 29.9 Å². The first kappa shape index (κ1) is 19.0. The van der Waals surface area contributed by atoms with E-state index in [-0.39, 0.29) is 6.04 Å². The van der Waals surface area contributed by atoms with Gasteiger partial charge in [-0.2, -0.15) is 23.5 Å². The lowest BCUT2D eigenvalue weighted by Gasteiger charge is -2.45. The number of aromatic nitrogens is 3. The highest BCUT2D eigenvalue weighted by atomic mass is 35.5. The number of pyridine rings is 1. The second-order valence-electron chi connectivity index (χ2n) is 6.14. The first-order valence-electron chi connectivity index (χ1n) is 7.85. The minimum absolute atomic E-state index is 0.0422. The zero-order valence-electron chi connectivity index (χ0n) is 14.1. The Hall–Kier alpha value is -2.80. The average Bonchev–Trinajstić information content (AvgIpc) is 2.54. The zero-order chi connectivity index (χ0) is 19.8. The first-order chi connectivity index (χ1) is 12.7. The number of halogens is 4. The lowest BCUT2D eigenvalue weighted by atomic mass is 10.1. The summed E-state index contributed by atoms with van der Waals surface area (Å²) in [7, 11) is 1.81.